The van der Waals surface area contributed by atoms with Crippen LogP contribution in [0.5, 0.6) is 0 Å². The molecule has 148 valence electrons. The van der Waals surface area contributed by atoms with E-state index < -0.39 is 0 Å². The van der Waals surface area contributed by atoms with Crippen LogP contribution in [-0.2, 0) is 16.1 Å². The van der Waals surface area contributed by atoms with E-state index in [4.69, 9.17) is 4.74 Å². The molecule has 4 heterocycles. The molecule has 1 amide bonds. The zero-order valence-corrected chi connectivity index (χ0v) is 16.4. The lowest BCUT2D eigenvalue weighted by atomic mass is 9.94. The summed E-state index contributed by atoms with van der Waals surface area (Å²) >= 11 is 0. The molecule has 5 rings (SSSR count). The van der Waals surface area contributed by atoms with Crippen LogP contribution in [-0.4, -0.2) is 79.1 Å². The van der Waals surface area contributed by atoms with Crippen molar-refractivity contribution in [3.05, 3.63) is 35.9 Å². The van der Waals surface area contributed by atoms with Gasteiger partial charge in [0.1, 0.15) is 0 Å². The van der Waals surface area contributed by atoms with Crippen LogP contribution in [0.4, 0.5) is 0 Å². The first-order valence-corrected chi connectivity index (χ1v) is 10.6. The standard InChI is InChI=1S/C22H33N3O2/c26-22(7-4-10-23-11-13-27-14-12-23)25-17-20-8-9-21(18-25)24(16-20)15-19-5-2-1-3-6-19/h1-3,5-6,20-21H,4,7-18H2/t20-,21-/m0/s1. The summed E-state index contributed by atoms with van der Waals surface area (Å²) in [6, 6.07) is 11.3. The van der Waals surface area contributed by atoms with Crippen molar-refractivity contribution in [2.24, 2.45) is 5.92 Å². The molecule has 4 saturated heterocycles. The number of carbonyl (C=O) groups is 1. The van der Waals surface area contributed by atoms with Crippen LogP contribution in [0.15, 0.2) is 30.3 Å². The van der Waals surface area contributed by atoms with E-state index in [0.29, 0.717) is 24.3 Å². The van der Waals surface area contributed by atoms with Gasteiger partial charge in [-0.15, -0.1) is 0 Å². The van der Waals surface area contributed by atoms with Crippen molar-refractivity contribution in [3.63, 3.8) is 0 Å². The van der Waals surface area contributed by atoms with Crippen molar-refractivity contribution in [1.29, 1.82) is 0 Å². The number of morpholine rings is 1. The lowest BCUT2D eigenvalue weighted by Gasteiger charge is -2.36. The first-order valence-electron chi connectivity index (χ1n) is 10.6. The molecule has 2 atom stereocenters. The second-order valence-electron chi connectivity index (χ2n) is 8.37. The monoisotopic (exact) mass is 371 g/mol. The largest absolute Gasteiger partial charge is 0.379 e. The topological polar surface area (TPSA) is 36.0 Å². The molecule has 0 unspecified atom stereocenters. The fourth-order valence-electron chi connectivity index (χ4n) is 4.83. The molecule has 5 heteroatoms. The summed E-state index contributed by atoms with van der Waals surface area (Å²) in [5, 5.41) is 0. The fourth-order valence-corrected chi connectivity index (χ4v) is 4.83. The lowest BCUT2D eigenvalue weighted by molar-refractivity contribution is -0.131. The summed E-state index contributed by atoms with van der Waals surface area (Å²) in [6.07, 6.45) is 4.16. The number of hydrogen-bond donors (Lipinski definition) is 0. The summed E-state index contributed by atoms with van der Waals surface area (Å²) < 4.78 is 5.40. The van der Waals surface area contributed by atoms with E-state index in [1.54, 1.807) is 0 Å². The molecule has 0 aromatic heterocycles. The van der Waals surface area contributed by atoms with E-state index in [9.17, 15) is 4.79 Å². The fraction of sp³-hybridized carbons (Fsp3) is 0.682. The molecule has 4 aliphatic rings. The maximum Gasteiger partial charge on any atom is 0.222 e. The molecule has 0 radical (unpaired) electrons. The Labute approximate surface area is 163 Å². The molecule has 4 aliphatic heterocycles. The molecule has 5 nitrogen and oxygen atoms in total. The lowest BCUT2D eigenvalue weighted by Crippen LogP contribution is -2.44. The normalized spacial score (nSPS) is 26.9. The van der Waals surface area contributed by atoms with Gasteiger partial charge in [-0.1, -0.05) is 30.3 Å². The first kappa shape index (κ1) is 18.9. The Bertz CT molecular complexity index is 603. The number of carbonyl (C=O) groups excluding carboxylic acids is 1. The number of amides is 1. The van der Waals surface area contributed by atoms with E-state index in [1.165, 1.54) is 18.4 Å². The predicted octanol–water partition coefficient (Wildman–Crippen LogP) is 2.22. The van der Waals surface area contributed by atoms with Crippen LogP contribution in [0.25, 0.3) is 0 Å². The minimum atomic E-state index is 0.363. The number of fused-ring (bicyclic) bond motifs is 4. The highest BCUT2D eigenvalue weighted by molar-refractivity contribution is 5.76. The van der Waals surface area contributed by atoms with Crippen molar-refractivity contribution in [2.75, 3.05) is 52.5 Å². The van der Waals surface area contributed by atoms with E-state index in [1.807, 2.05) is 0 Å². The van der Waals surface area contributed by atoms with Gasteiger partial charge in [-0.3, -0.25) is 14.6 Å². The molecule has 0 spiro atoms. The summed E-state index contributed by atoms with van der Waals surface area (Å²) in [6.45, 7) is 8.74. The second kappa shape index (κ2) is 9.18. The Morgan fingerprint density at radius 3 is 2.67 bits per heavy atom. The highest BCUT2D eigenvalue weighted by atomic mass is 16.5. The van der Waals surface area contributed by atoms with Crippen molar-refractivity contribution in [2.45, 2.75) is 38.3 Å². The first-order chi connectivity index (χ1) is 13.3. The van der Waals surface area contributed by atoms with E-state index in [-0.39, 0.29) is 0 Å². The third-order valence-electron chi connectivity index (χ3n) is 6.38. The molecule has 1 aromatic carbocycles. The van der Waals surface area contributed by atoms with Gasteiger partial charge in [0.2, 0.25) is 5.91 Å². The Morgan fingerprint density at radius 2 is 1.85 bits per heavy atom. The van der Waals surface area contributed by atoms with Gasteiger partial charge in [-0.25, -0.2) is 0 Å². The number of piperidine rings is 1. The summed E-state index contributed by atoms with van der Waals surface area (Å²) in [4.78, 5) is 20.1. The van der Waals surface area contributed by atoms with Gasteiger partial charge < -0.3 is 9.64 Å². The Morgan fingerprint density at radius 1 is 1.04 bits per heavy atom. The van der Waals surface area contributed by atoms with Crippen molar-refractivity contribution in [1.82, 2.24) is 14.7 Å². The van der Waals surface area contributed by atoms with E-state index in [0.717, 1.165) is 65.4 Å². The van der Waals surface area contributed by atoms with Gasteiger partial charge in [-0.2, -0.15) is 0 Å². The smallest absolute Gasteiger partial charge is 0.222 e. The Hall–Kier alpha value is -1.43. The maximum absolute atomic E-state index is 12.8. The van der Waals surface area contributed by atoms with Crippen molar-refractivity contribution in [3.8, 4) is 0 Å². The number of benzene rings is 1. The zero-order valence-electron chi connectivity index (χ0n) is 16.4. The van der Waals surface area contributed by atoms with Crippen molar-refractivity contribution < 1.29 is 9.53 Å². The van der Waals surface area contributed by atoms with Gasteiger partial charge >= 0.3 is 0 Å². The van der Waals surface area contributed by atoms with Crippen LogP contribution in [0, 0.1) is 5.92 Å². The quantitative estimate of drug-likeness (QED) is 0.768. The molecule has 1 aromatic rings. The molecule has 27 heavy (non-hydrogen) atoms. The average molecular weight is 372 g/mol. The van der Waals surface area contributed by atoms with Gasteiger partial charge in [0.15, 0.2) is 0 Å². The number of rotatable bonds is 6. The van der Waals surface area contributed by atoms with Gasteiger partial charge in [0.25, 0.3) is 0 Å². The molecule has 0 N–H and O–H groups in total. The molecule has 2 bridgehead atoms. The van der Waals surface area contributed by atoms with Crippen LogP contribution >= 0.6 is 0 Å². The van der Waals surface area contributed by atoms with Crippen LogP contribution in [0.3, 0.4) is 0 Å². The van der Waals surface area contributed by atoms with Gasteiger partial charge in [0.05, 0.1) is 13.2 Å². The summed E-state index contributed by atoms with van der Waals surface area (Å²) in [5.74, 6) is 0.998. The molecule has 0 saturated carbocycles. The highest BCUT2D eigenvalue weighted by Gasteiger charge is 2.36. The van der Waals surface area contributed by atoms with Crippen LogP contribution < -0.4 is 0 Å². The SMILES string of the molecule is O=C(CCCN1CCOCC1)N1C[C@H]2CC[C@@H](C1)N(Cc1ccccc1)C2. The minimum Gasteiger partial charge on any atom is -0.379 e. The Balaban J connectivity index is 1.28. The number of ether oxygens (including phenoxy) is 1. The Kier molecular flexibility index (Phi) is 6.43. The van der Waals surface area contributed by atoms with Crippen LogP contribution in [0.2, 0.25) is 0 Å². The summed E-state index contributed by atoms with van der Waals surface area (Å²) in [5.41, 5.74) is 1.38. The molecular formula is C22H33N3O2. The molecule has 4 fully saturated rings. The van der Waals surface area contributed by atoms with E-state index in [2.05, 4.69) is 45.0 Å². The van der Waals surface area contributed by atoms with Gasteiger partial charge in [0, 0.05) is 51.7 Å². The predicted molar refractivity (Wildman–Crippen MR) is 106 cm³/mol. The molecule has 0 aliphatic carbocycles. The number of hydrogen-bond acceptors (Lipinski definition) is 4. The zero-order chi connectivity index (χ0) is 18.5. The maximum atomic E-state index is 12.8. The third-order valence-corrected chi connectivity index (χ3v) is 6.38. The second-order valence-corrected chi connectivity index (χ2v) is 8.37. The van der Waals surface area contributed by atoms with Crippen molar-refractivity contribution >= 4 is 5.91 Å². The van der Waals surface area contributed by atoms with Gasteiger partial charge in [-0.05, 0) is 37.3 Å². The summed E-state index contributed by atoms with van der Waals surface area (Å²) in [7, 11) is 0. The van der Waals surface area contributed by atoms with E-state index >= 15 is 0 Å². The minimum absolute atomic E-state index is 0.363. The van der Waals surface area contributed by atoms with Crippen LogP contribution in [0.1, 0.15) is 31.2 Å². The molecular weight excluding hydrogens is 338 g/mol. The third kappa shape index (κ3) is 5.09. The average Bonchev–Trinajstić information content (AvgIpc) is 3.02. The number of nitrogens with zero attached hydrogens (tertiary/aromatic N) is 3. The highest BCUT2D eigenvalue weighted by Crippen LogP contribution is 2.29.